The maximum atomic E-state index is 14.8. The van der Waals surface area contributed by atoms with Crippen LogP contribution in [0.1, 0.15) is 122 Å². The highest BCUT2D eigenvalue weighted by molar-refractivity contribution is 5.90. The van der Waals surface area contributed by atoms with Gasteiger partial charge in [-0.1, -0.05) is 84.4 Å². The molecule has 1 aromatic heterocycles. The summed E-state index contributed by atoms with van der Waals surface area (Å²) < 4.78 is 31.0. The predicted octanol–water partition coefficient (Wildman–Crippen LogP) is 9.77. The summed E-state index contributed by atoms with van der Waals surface area (Å²) in [6.45, 7) is 7.21. The van der Waals surface area contributed by atoms with Gasteiger partial charge >= 0.3 is 17.6 Å². The maximum Gasteiger partial charge on any atom is 0.339 e. The summed E-state index contributed by atoms with van der Waals surface area (Å²) >= 11 is 0. The van der Waals surface area contributed by atoms with E-state index in [1.165, 1.54) is 22.3 Å². The Labute approximate surface area is 357 Å². The molecule has 0 amide bonds. The van der Waals surface area contributed by atoms with Gasteiger partial charge in [-0.2, -0.15) is 0 Å². The molecule has 9 rings (SSSR count). The molecule has 1 saturated carbocycles. The zero-order valence-electron chi connectivity index (χ0n) is 35.8. The van der Waals surface area contributed by atoms with Crippen molar-refractivity contribution < 1.29 is 38.1 Å². The minimum atomic E-state index is -1.20. The van der Waals surface area contributed by atoms with E-state index in [1.807, 2.05) is 19.9 Å². The van der Waals surface area contributed by atoms with Gasteiger partial charge in [0.1, 0.15) is 16.9 Å². The van der Waals surface area contributed by atoms with Crippen LogP contribution in [0, 0.1) is 5.92 Å². The summed E-state index contributed by atoms with van der Waals surface area (Å²) in [6.07, 6.45) is 2.66. The van der Waals surface area contributed by atoms with Gasteiger partial charge in [-0.3, -0.25) is 4.79 Å². The number of fused-ring (bicyclic) bond motifs is 11. The Kier molecular flexibility index (Phi) is 12.3. The number of methoxy groups -OCH3 is 1. The van der Waals surface area contributed by atoms with Crippen molar-refractivity contribution in [3.05, 3.63) is 157 Å². The number of carbonyl (C=O) groups is 2. The van der Waals surface area contributed by atoms with Gasteiger partial charge in [-0.15, -0.1) is 0 Å². The molecule has 61 heavy (non-hydrogen) atoms. The number of hydrogen-bond donors (Lipinski definition) is 1. The van der Waals surface area contributed by atoms with Crippen LogP contribution in [0.3, 0.4) is 0 Å². The van der Waals surface area contributed by atoms with E-state index in [4.69, 9.17) is 23.4 Å². The number of benzene rings is 4. The van der Waals surface area contributed by atoms with Crippen LogP contribution < -0.4 is 10.4 Å². The Balaban J connectivity index is 1.21. The molecule has 5 aromatic rings. The molecule has 4 aromatic carbocycles. The quantitative estimate of drug-likeness (QED) is 0.0972. The lowest BCUT2D eigenvalue weighted by atomic mass is 9.68. The first-order chi connectivity index (χ1) is 29.4. The van der Waals surface area contributed by atoms with Crippen molar-refractivity contribution in [1.29, 1.82) is 0 Å². The number of rotatable bonds is 7. The van der Waals surface area contributed by atoms with Gasteiger partial charge in [0.15, 0.2) is 12.2 Å². The molecule has 0 radical (unpaired) electrons. The molecule has 9 nitrogen and oxygen atoms in total. The van der Waals surface area contributed by atoms with Gasteiger partial charge in [0.2, 0.25) is 0 Å². The number of aliphatic hydroxyl groups is 1. The highest BCUT2D eigenvalue weighted by Gasteiger charge is 2.51. The second-order valence-electron chi connectivity index (χ2n) is 17.8. The molecule has 0 spiro atoms. The maximum absolute atomic E-state index is 14.8. The van der Waals surface area contributed by atoms with Crippen molar-refractivity contribution in [3.8, 4) is 5.75 Å². The van der Waals surface area contributed by atoms with E-state index in [0.29, 0.717) is 40.7 Å². The Morgan fingerprint density at radius 3 is 2.34 bits per heavy atom. The Morgan fingerprint density at radius 2 is 1.61 bits per heavy atom. The largest absolute Gasteiger partial charge is 0.483 e. The molecule has 4 heterocycles. The number of carbonyl (C=O) groups excluding carboxylic acids is 2. The zero-order chi connectivity index (χ0) is 42.8. The van der Waals surface area contributed by atoms with Crippen LogP contribution in [0.4, 0.5) is 0 Å². The third-order valence-corrected chi connectivity index (χ3v) is 13.1. The fourth-order valence-electron chi connectivity index (χ4n) is 9.91. The number of aliphatic hydroxyl groups excluding tert-OH is 1. The number of esters is 2. The lowest BCUT2D eigenvalue weighted by Crippen LogP contribution is -2.52. The highest BCUT2D eigenvalue weighted by Crippen LogP contribution is 2.50. The third kappa shape index (κ3) is 8.82. The van der Waals surface area contributed by atoms with Gasteiger partial charge in [0.05, 0.1) is 18.8 Å². The fourth-order valence-corrected chi connectivity index (χ4v) is 9.91. The predicted molar refractivity (Wildman–Crippen MR) is 234 cm³/mol. The van der Waals surface area contributed by atoms with Crippen LogP contribution in [0.2, 0.25) is 0 Å². The van der Waals surface area contributed by atoms with Crippen molar-refractivity contribution in [2.24, 2.45) is 5.92 Å². The van der Waals surface area contributed by atoms with Gasteiger partial charge in [-0.25, -0.2) is 9.59 Å². The number of allylic oxidation sites excluding steroid dienone is 1. The van der Waals surface area contributed by atoms with Crippen LogP contribution in [0.5, 0.6) is 5.75 Å². The number of aryl methyl sites for hydroxylation is 1. The van der Waals surface area contributed by atoms with Crippen LogP contribution >= 0.6 is 0 Å². The second-order valence-corrected chi connectivity index (χ2v) is 17.8. The molecule has 0 saturated heterocycles. The van der Waals surface area contributed by atoms with Gasteiger partial charge in [-0.05, 0) is 129 Å². The topological polar surface area (TPSA) is 122 Å². The second kappa shape index (κ2) is 17.8. The zero-order valence-corrected chi connectivity index (χ0v) is 35.8. The molecule has 1 aliphatic carbocycles. The first kappa shape index (κ1) is 42.2. The minimum absolute atomic E-state index is 0.0526. The molecule has 4 aliphatic rings. The van der Waals surface area contributed by atoms with E-state index in [-0.39, 0.29) is 48.3 Å². The van der Waals surface area contributed by atoms with E-state index >= 15 is 0 Å². The molecular formula is C52H56O9. The minimum Gasteiger partial charge on any atom is -0.483 e. The van der Waals surface area contributed by atoms with Crippen molar-refractivity contribution in [2.45, 2.75) is 115 Å². The number of ether oxygens (including phenoxy) is 4. The first-order valence-electron chi connectivity index (χ1n) is 21.6. The molecule has 2 bridgehead atoms. The van der Waals surface area contributed by atoms with Gasteiger partial charge < -0.3 is 28.5 Å². The molecule has 3 aliphatic heterocycles. The normalized spacial score (nSPS) is 22.7. The van der Waals surface area contributed by atoms with Crippen LogP contribution in [0.15, 0.2) is 111 Å². The SMILES string of the molecule is COCCc1c(CO)c2ccc3c(c2oc1=O)C1OC(=O)CC2CC(c4cccc(Cc5ccccc5)c4)CCC2c2ccc(cc2)CCC(=C(C)C)C(=O)OC1C(C)(C)O3. The molecule has 5 unspecified atom stereocenters. The average molecular weight is 825 g/mol. The number of hydrogen-bond acceptors (Lipinski definition) is 9. The summed E-state index contributed by atoms with van der Waals surface area (Å²) in [7, 11) is 1.54. The van der Waals surface area contributed by atoms with E-state index < -0.39 is 42.0 Å². The standard InChI is InChI=1S/C52H56O9/c1-31(2)39-20-16-32-14-17-35(18-15-32)40-21-19-37(36-13-9-12-34(27-36)26-33-10-7-6-8-11-33)28-38(40)29-45(54)58-48-46-44(61-52(3,4)49(48)60-50(39)55)23-22-41-43(30-53)42(24-25-57-5)51(56)59-47(41)46/h6-15,17-18,22-23,27,37-38,40,48-49,53H,16,19-21,24-26,28-30H2,1-5H3. The van der Waals surface area contributed by atoms with Crippen molar-refractivity contribution in [2.75, 3.05) is 13.7 Å². The summed E-state index contributed by atoms with van der Waals surface area (Å²) in [5, 5.41) is 11.1. The van der Waals surface area contributed by atoms with Crippen molar-refractivity contribution in [1.82, 2.24) is 0 Å². The Hall–Kier alpha value is -5.51. The Morgan fingerprint density at radius 1 is 0.836 bits per heavy atom. The molecular weight excluding hydrogens is 769 g/mol. The average Bonchev–Trinajstić information content (AvgIpc) is 3.24. The van der Waals surface area contributed by atoms with E-state index in [9.17, 15) is 19.5 Å². The van der Waals surface area contributed by atoms with Gasteiger partial charge in [0.25, 0.3) is 0 Å². The smallest absolute Gasteiger partial charge is 0.339 e. The molecule has 9 heteroatoms. The summed E-state index contributed by atoms with van der Waals surface area (Å²) in [5.41, 5.74) is 6.74. The Bertz CT molecular complexity index is 2490. The van der Waals surface area contributed by atoms with Crippen LogP contribution in [0.25, 0.3) is 11.0 Å². The highest BCUT2D eigenvalue weighted by atomic mass is 16.6. The molecule has 318 valence electrons. The summed E-state index contributed by atoms with van der Waals surface area (Å²) in [6, 6.07) is 31.5. The molecule has 1 N–H and O–H groups in total. The van der Waals surface area contributed by atoms with Crippen molar-refractivity contribution in [3.63, 3.8) is 0 Å². The third-order valence-electron chi connectivity index (χ3n) is 13.1. The lowest BCUT2D eigenvalue weighted by Gasteiger charge is -2.43. The monoisotopic (exact) mass is 824 g/mol. The van der Waals surface area contributed by atoms with Crippen LogP contribution in [-0.4, -0.2) is 42.5 Å². The molecule has 5 atom stereocenters. The first-order valence-corrected chi connectivity index (χ1v) is 21.6. The summed E-state index contributed by atoms with van der Waals surface area (Å²) in [4.78, 5) is 42.7. The van der Waals surface area contributed by atoms with E-state index in [2.05, 4.69) is 72.8 Å². The van der Waals surface area contributed by atoms with E-state index in [0.717, 1.165) is 36.8 Å². The van der Waals surface area contributed by atoms with E-state index in [1.54, 1.807) is 33.1 Å². The lowest BCUT2D eigenvalue weighted by molar-refractivity contribution is -0.188. The van der Waals surface area contributed by atoms with Crippen molar-refractivity contribution >= 4 is 22.9 Å². The van der Waals surface area contributed by atoms with Gasteiger partial charge in [0, 0.05) is 36.5 Å². The fraction of sp³-hybridized carbons (Fsp3) is 0.404. The van der Waals surface area contributed by atoms with Crippen LogP contribution in [-0.2, 0) is 49.7 Å². The summed E-state index contributed by atoms with van der Waals surface area (Å²) in [5.74, 6) is -0.331. The molecule has 1 fully saturated rings.